The number of hydrogen-bond acceptors (Lipinski definition) is 3. The molecule has 0 spiro atoms. The van der Waals surface area contributed by atoms with E-state index in [1.54, 1.807) is 0 Å². The highest BCUT2D eigenvalue weighted by Gasteiger charge is 2.23. The summed E-state index contributed by atoms with van der Waals surface area (Å²) >= 11 is 0. The van der Waals surface area contributed by atoms with Crippen molar-refractivity contribution in [1.82, 2.24) is 5.32 Å². The first kappa shape index (κ1) is 35.3. The van der Waals surface area contributed by atoms with Crippen LogP contribution in [0.1, 0.15) is 116 Å². The molecule has 0 fully saturated rings. The molecule has 224 valence electrons. The number of carbonyl (C=O) groups excluding carboxylic acids is 1. The quantitative estimate of drug-likeness (QED) is 0.0717. The lowest BCUT2D eigenvalue weighted by atomic mass is 10.1. The molecule has 1 aromatic carbocycles. The maximum Gasteiger partial charge on any atom is 0.219 e. The van der Waals surface area contributed by atoms with Gasteiger partial charge in [0.25, 0.3) is 0 Å². The molecule has 0 radical (unpaired) electrons. The van der Waals surface area contributed by atoms with Gasteiger partial charge < -0.3 is 19.6 Å². The summed E-state index contributed by atoms with van der Waals surface area (Å²) in [5.41, 5.74) is 1.40. The zero-order valence-electron chi connectivity index (χ0n) is 25.7. The number of allylic oxidation sites excluding steroid dienone is 1. The first-order chi connectivity index (χ1) is 19.1. The van der Waals surface area contributed by atoms with E-state index in [4.69, 9.17) is 9.84 Å². The summed E-state index contributed by atoms with van der Waals surface area (Å²) in [4.78, 5) is 12.3. The largest absolute Gasteiger partial charge is 0.394 e. The molecule has 0 heterocycles. The molecular formula is C34H61N2O3+. The lowest BCUT2D eigenvalue weighted by Crippen LogP contribution is -2.48. The molecule has 39 heavy (non-hydrogen) atoms. The van der Waals surface area contributed by atoms with E-state index in [0.717, 1.165) is 75.7 Å². The van der Waals surface area contributed by atoms with Crippen molar-refractivity contribution in [2.45, 2.75) is 123 Å². The Balaban J connectivity index is 2.08. The van der Waals surface area contributed by atoms with Crippen molar-refractivity contribution in [2.75, 3.05) is 39.4 Å². The van der Waals surface area contributed by atoms with Gasteiger partial charge in [-0.05, 0) is 46.0 Å². The van der Waals surface area contributed by atoms with E-state index in [-0.39, 0.29) is 18.6 Å². The minimum atomic E-state index is 0.101. The van der Waals surface area contributed by atoms with Gasteiger partial charge in [0.05, 0.1) is 39.0 Å². The van der Waals surface area contributed by atoms with E-state index in [1.807, 2.05) is 0 Å². The van der Waals surface area contributed by atoms with Crippen LogP contribution >= 0.6 is 0 Å². The van der Waals surface area contributed by atoms with Gasteiger partial charge in [-0.15, -0.1) is 0 Å². The Hall–Kier alpha value is -1.69. The molecule has 1 unspecified atom stereocenters. The number of carbonyl (C=O) groups is 1. The second kappa shape index (κ2) is 24.1. The third kappa shape index (κ3) is 18.3. The minimum absolute atomic E-state index is 0.101. The summed E-state index contributed by atoms with van der Waals surface area (Å²) in [6, 6.07) is 10.8. The van der Waals surface area contributed by atoms with Crippen LogP contribution in [0.15, 0.2) is 42.5 Å². The van der Waals surface area contributed by atoms with Crippen LogP contribution in [-0.4, -0.2) is 61.0 Å². The van der Waals surface area contributed by atoms with Crippen LogP contribution in [0.25, 0.3) is 0 Å². The summed E-state index contributed by atoms with van der Waals surface area (Å²) in [5, 5.41) is 12.2. The molecule has 1 atom stereocenters. The zero-order chi connectivity index (χ0) is 28.4. The van der Waals surface area contributed by atoms with Crippen molar-refractivity contribution in [1.29, 1.82) is 0 Å². The molecule has 0 saturated carbocycles. The fraction of sp³-hybridized carbons (Fsp3) is 0.735. The SMILES string of the molecule is CCCCCCC(C/C=C\CCCCCCCC(=O)NCCC[N+](CC)(CC)Cc1ccccc1)OCCO. The fourth-order valence-electron chi connectivity index (χ4n) is 5.28. The zero-order valence-corrected chi connectivity index (χ0v) is 25.7. The number of quaternary nitrogens is 1. The van der Waals surface area contributed by atoms with Crippen molar-refractivity contribution in [3.63, 3.8) is 0 Å². The summed E-state index contributed by atoms with van der Waals surface area (Å²) in [6.45, 7) is 12.5. The van der Waals surface area contributed by atoms with Crippen molar-refractivity contribution in [3.05, 3.63) is 48.0 Å². The Morgan fingerprint density at radius 3 is 2.36 bits per heavy atom. The molecule has 1 amide bonds. The van der Waals surface area contributed by atoms with Crippen LogP contribution in [0.4, 0.5) is 0 Å². The molecule has 0 aliphatic heterocycles. The third-order valence-corrected chi connectivity index (χ3v) is 8.00. The van der Waals surface area contributed by atoms with Crippen LogP contribution < -0.4 is 5.32 Å². The molecule has 1 rings (SSSR count). The summed E-state index contributed by atoms with van der Waals surface area (Å²) in [6.07, 6.45) is 20.4. The highest BCUT2D eigenvalue weighted by atomic mass is 16.5. The van der Waals surface area contributed by atoms with Gasteiger partial charge in [0.15, 0.2) is 0 Å². The Labute approximate surface area is 241 Å². The molecule has 0 aromatic heterocycles. The monoisotopic (exact) mass is 545 g/mol. The maximum atomic E-state index is 12.3. The predicted octanol–water partition coefficient (Wildman–Crippen LogP) is 7.57. The first-order valence-corrected chi connectivity index (χ1v) is 16.1. The highest BCUT2D eigenvalue weighted by molar-refractivity contribution is 5.75. The number of hydrogen-bond donors (Lipinski definition) is 2. The van der Waals surface area contributed by atoms with Gasteiger partial charge in [-0.25, -0.2) is 0 Å². The second-order valence-electron chi connectivity index (χ2n) is 11.1. The fourth-order valence-corrected chi connectivity index (χ4v) is 5.28. The molecule has 0 bridgehead atoms. The van der Waals surface area contributed by atoms with Crippen molar-refractivity contribution in [3.8, 4) is 0 Å². The average molecular weight is 546 g/mol. The molecule has 5 heteroatoms. The van der Waals surface area contributed by atoms with Gasteiger partial charge in [0, 0.05) is 24.9 Å². The smallest absolute Gasteiger partial charge is 0.219 e. The number of nitrogens with one attached hydrogen (secondary N) is 1. The van der Waals surface area contributed by atoms with Gasteiger partial charge in [-0.1, -0.05) is 94.4 Å². The number of aliphatic hydroxyl groups excluding tert-OH is 1. The average Bonchev–Trinajstić information content (AvgIpc) is 2.96. The number of benzene rings is 1. The van der Waals surface area contributed by atoms with E-state index >= 15 is 0 Å². The molecule has 5 nitrogen and oxygen atoms in total. The second-order valence-corrected chi connectivity index (χ2v) is 11.1. The van der Waals surface area contributed by atoms with E-state index in [9.17, 15) is 4.79 Å². The molecule has 1 aromatic rings. The van der Waals surface area contributed by atoms with Crippen LogP contribution in [0, 0.1) is 0 Å². The third-order valence-electron chi connectivity index (χ3n) is 8.00. The molecule has 0 aliphatic rings. The molecule has 0 saturated heterocycles. The van der Waals surface area contributed by atoms with E-state index in [1.165, 1.54) is 50.5 Å². The van der Waals surface area contributed by atoms with E-state index in [0.29, 0.717) is 13.0 Å². The highest BCUT2D eigenvalue weighted by Crippen LogP contribution is 2.16. The van der Waals surface area contributed by atoms with Crippen LogP contribution in [0.3, 0.4) is 0 Å². The number of rotatable bonds is 26. The first-order valence-electron chi connectivity index (χ1n) is 16.1. The topological polar surface area (TPSA) is 58.6 Å². The Kier molecular flexibility index (Phi) is 21.9. The lowest BCUT2D eigenvalue weighted by Gasteiger charge is -2.37. The number of aliphatic hydroxyl groups is 1. The number of ether oxygens (including phenoxy) is 1. The Bertz CT molecular complexity index is 718. The maximum absolute atomic E-state index is 12.3. The van der Waals surface area contributed by atoms with Gasteiger partial charge in [0.2, 0.25) is 5.91 Å². The minimum Gasteiger partial charge on any atom is -0.394 e. The number of amides is 1. The standard InChI is InChI=1S/C34H60N2O3/c1-4-7-8-18-24-33(39-30-29-37)25-19-13-11-9-10-12-14-20-26-34(38)35-27-21-28-36(5-2,6-3)31-32-22-16-15-17-23-32/h13,15-17,19,22-23,33,37H,4-12,14,18,20-21,24-31H2,1-3H3/p+1/b19-13-. The molecular weight excluding hydrogens is 484 g/mol. The van der Waals surface area contributed by atoms with E-state index < -0.39 is 0 Å². The van der Waals surface area contributed by atoms with Crippen molar-refractivity contribution >= 4 is 5.91 Å². The summed E-state index contributed by atoms with van der Waals surface area (Å²) in [5.74, 6) is 0.208. The number of nitrogens with zero attached hydrogens (tertiary/aromatic N) is 1. The van der Waals surface area contributed by atoms with Gasteiger partial charge >= 0.3 is 0 Å². The van der Waals surface area contributed by atoms with Crippen molar-refractivity contribution in [2.24, 2.45) is 0 Å². The van der Waals surface area contributed by atoms with Gasteiger partial charge in [-0.3, -0.25) is 4.79 Å². The molecule has 2 N–H and O–H groups in total. The van der Waals surface area contributed by atoms with Gasteiger partial charge in [-0.2, -0.15) is 0 Å². The summed E-state index contributed by atoms with van der Waals surface area (Å²) < 4.78 is 6.88. The van der Waals surface area contributed by atoms with Crippen LogP contribution in [-0.2, 0) is 16.1 Å². The molecule has 0 aliphatic carbocycles. The lowest BCUT2D eigenvalue weighted by molar-refractivity contribution is -0.937. The number of unbranched alkanes of at least 4 members (excludes halogenated alkanes) is 8. The predicted molar refractivity (Wildman–Crippen MR) is 166 cm³/mol. The van der Waals surface area contributed by atoms with Crippen LogP contribution in [0.2, 0.25) is 0 Å². The Morgan fingerprint density at radius 1 is 0.923 bits per heavy atom. The Morgan fingerprint density at radius 2 is 1.64 bits per heavy atom. The van der Waals surface area contributed by atoms with Crippen molar-refractivity contribution < 1.29 is 19.1 Å². The normalized spacial score (nSPS) is 12.7. The van der Waals surface area contributed by atoms with E-state index in [2.05, 4.69) is 68.6 Å². The van der Waals surface area contributed by atoms with Crippen LogP contribution in [0.5, 0.6) is 0 Å². The van der Waals surface area contributed by atoms with Gasteiger partial charge in [0.1, 0.15) is 6.54 Å². The summed E-state index contributed by atoms with van der Waals surface area (Å²) in [7, 11) is 0.